The van der Waals surface area contributed by atoms with Crippen LogP contribution in [0.2, 0.25) is 0 Å². The van der Waals surface area contributed by atoms with E-state index in [0.29, 0.717) is 6.61 Å². The molecule has 0 fully saturated rings. The van der Waals surface area contributed by atoms with Crippen molar-refractivity contribution in [1.82, 2.24) is 0 Å². The number of hydrogen-bond acceptors (Lipinski definition) is 2. The smallest absolute Gasteiger partial charge is 0.330 e. The summed E-state index contributed by atoms with van der Waals surface area (Å²) in [6.07, 6.45) is 9.19. The van der Waals surface area contributed by atoms with Gasteiger partial charge in [-0.15, -0.1) is 0 Å². The molecule has 0 aromatic carbocycles. The summed E-state index contributed by atoms with van der Waals surface area (Å²) in [7, 11) is 2.15. The van der Waals surface area contributed by atoms with Gasteiger partial charge in [-0.3, -0.25) is 0 Å². The van der Waals surface area contributed by atoms with E-state index >= 15 is 0 Å². The Bertz CT molecular complexity index is 210. The maximum absolute atomic E-state index is 10.8. The number of hydrogen-bond donors (Lipinski definition) is 1. The van der Waals surface area contributed by atoms with Crippen LogP contribution in [0.15, 0.2) is 12.7 Å². The lowest BCUT2D eigenvalue weighted by Gasteiger charge is -2.13. The molecule has 0 heterocycles. The van der Waals surface area contributed by atoms with E-state index in [1.807, 2.05) is 0 Å². The second-order valence-electron chi connectivity index (χ2n) is 4.60. The number of nitrogens with one attached hydrogen (secondary N) is 1. The van der Waals surface area contributed by atoms with Gasteiger partial charge in [0.15, 0.2) is 0 Å². The fourth-order valence-electron chi connectivity index (χ4n) is 1.72. The Labute approximate surface area is 122 Å². The minimum Gasteiger partial charge on any atom is -1.00 e. The molecule has 0 aromatic rings. The zero-order valence-corrected chi connectivity index (χ0v) is 13.4. The van der Waals surface area contributed by atoms with Gasteiger partial charge in [-0.1, -0.05) is 39.2 Å². The van der Waals surface area contributed by atoms with Crippen molar-refractivity contribution >= 4 is 5.97 Å². The number of rotatable bonds is 11. The lowest BCUT2D eigenvalue weighted by Crippen LogP contribution is -3.09. The molecule has 0 rings (SSSR count). The number of unbranched alkanes of at least 4 members (excludes halogenated alkanes) is 5. The molecule has 0 amide bonds. The van der Waals surface area contributed by atoms with Gasteiger partial charge in [0.1, 0.15) is 13.2 Å². The molecule has 0 spiro atoms. The molecule has 0 saturated heterocycles. The van der Waals surface area contributed by atoms with Gasteiger partial charge in [-0.2, -0.15) is 0 Å². The van der Waals surface area contributed by atoms with Crippen LogP contribution in [0.5, 0.6) is 0 Å². The maximum atomic E-state index is 10.8. The van der Waals surface area contributed by atoms with Crippen molar-refractivity contribution in [2.24, 2.45) is 0 Å². The van der Waals surface area contributed by atoms with Gasteiger partial charge < -0.3 is 26.6 Å². The lowest BCUT2D eigenvalue weighted by molar-refractivity contribution is -0.880. The Balaban J connectivity index is 0. The van der Waals surface area contributed by atoms with Gasteiger partial charge >= 0.3 is 5.97 Å². The molecule has 4 heteroatoms. The monoisotopic (exact) mass is 321 g/mol. The Hall–Kier alpha value is -0.350. The van der Waals surface area contributed by atoms with Gasteiger partial charge in [0, 0.05) is 6.08 Å². The van der Waals surface area contributed by atoms with Crippen LogP contribution in [0, 0.1) is 0 Å². The van der Waals surface area contributed by atoms with Gasteiger partial charge in [-0.25, -0.2) is 4.79 Å². The number of quaternary nitrogens is 1. The van der Waals surface area contributed by atoms with E-state index < -0.39 is 0 Å². The number of carbonyl (C=O) groups is 1. The highest BCUT2D eigenvalue weighted by molar-refractivity contribution is 5.81. The summed E-state index contributed by atoms with van der Waals surface area (Å²) in [6, 6.07) is 0. The van der Waals surface area contributed by atoms with E-state index in [1.165, 1.54) is 49.5 Å². The SMILES string of the molecule is C=CC(=O)OCC[NH+](C)CCCCCCCC.[Br-]. The van der Waals surface area contributed by atoms with Crippen LogP contribution in [-0.4, -0.2) is 32.7 Å². The Morgan fingerprint density at radius 2 is 1.78 bits per heavy atom. The highest BCUT2D eigenvalue weighted by Crippen LogP contribution is 2.03. The molecular weight excluding hydrogens is 294 g/mol. The number of carbonyl (C=O) groups excluding carboxylic acids is 1. The van der Waals surface area contributed by atoms with Gasteiger partial charge in [0.25, 0.3) is 0 Å². The zero-order chi connectivity index (χ0) is 12.9. The van der Waals surface area contributed by atoms with E-state index in [2.05, 4.69) is 20.6 Å². The molecule has 1 unspecified atom stereocenters. The summed E-state index contributed by atoms with van der Waals surface area (Å²) in [6.45, 7) is 8.14. The molecule has 0 radical (unpaired) electrons. The number of likely N-dealkylation sites (N-methyl/N-ethyl adjacent to an activating group) is 1. The maximum Gasteiger partial charge on any atom is 0.330 e. The van der Waals surface area contributed by atoms with Gasteiger partial charge in [0.2, 0.25) is 0 Å². The van der Waals surface area contributed by atoms with Crippen molar-refractivity contribution in [2.75, 3.05) is 26.7 Å². The van der Waals surface area contributed by atoms with Crippen LogP contribution in [-0.2, 0) is 9.53 Å². The first-order chi connectivity index (χ1) is 8.20. The average molecular weight is 322 g/mol. The van der Waals surface area contributed by atoms with Crippen molar-refractivity contribution in [3.8, 4) is 0 Å². The van der Waals surface area contributed by atoms with E-state index in [-0.39, 0.29) is 23.0 Å². The first-order valence-corrected chi connectivity index (χ1v) is 6.81. The minimum atomic E-state index is -0.322. The summed E-state index contributed by atoms with van der Waals surface area (Å²) in [4.78, 5) is 12.2. The predicted octanol–water partition coefficient (Wildman–Crippen LogP) is -1.41. The first kappa shape index (κ1) is 20.0. The minimum absolute atomic E-state index is 0. The number of esters is 1. The fourth-order valence-corrected chi connectivity index (χ4v) is 1.72. The molecule has 0 aromatic heterocycles. The topological polar surface area (TPSA) is 30.7 Å². The van der Waals surface area contributed by atoms with Crippen molar-refractivity contribution in [3.63, 3.8) is 0 Å². The third-order valence-corrected chi connectivity index (χ3v) is 2.90. The standard InChI is InChI=1S/C14H27NO2.BrH/c1-4-6-7-8-9-10-11-15(3)12-13-17-14(16)5-2;/h5H,2,4,6-13H2,1,3H3;1H. The van der Waals surface area contributed by atoms with Crippen LogP contribution in [0.1, 0.15) is 45.4 Å². The lowest BCUT2D eigenvalue weighted by atomic mass is 10.1. The molecule has 0 saturated carbocycles. The summed E-state index contributed by atoms with van der Waals surface area (Å²) in [5.74, 6) is -0.322. The molecule has 0 aliphatic carbocycles. The zero-order valence-electron chi connectivity index (χ0n) is 11.8. The van der Waals surface area contributed by atoms with Crippen molar-refractivity contribution in [2.45, 2.75) is 45.4 Å². The number of ether oxygens (including phenoxy) is 1. The Morgan fingerprint density at radius 1 is 1.17 bits per heavy atom. The Kier molecular flexibility index (Phi) is 16.3. The second kappa shape index (κ2) is 14.7. The van der Waals surface area contributed by atoms with E-state index in [9.17, 15) is 4.79 Å². The molecule has 1 N–H and O–H groups in total. The largest absolute Gasteiger partial charge is 1.00 e. The molecule has 1 atom stereocenters. The van der Waals surface area contributed by atoms with E-state index in [4.69, 9.17) is 4.74 Å². The van der Waals surface area contributed by atoms with Gasteiger partial charge in [-0.05, 0) is 12.8 Å². The highest BCUT2D eigenvalue weighted by atomic mass is 79.9. The van der Waals surface area contributed by atoms with Crippen LogP contribution >= 0.6 is 0 Å². The van der Waals surface area contributed by atoms with Crippen molar-refractivity contribution < 1.29 is 31.4 Å². The Morgan fingerprint density at radius 3 is 2.39 bits per heavy atom. The average Bonchev–Trinajstić information content (AvgIpc) is 2.33. The molecule has 3 nitrogen and oxygen atoms in total. The summed E-state index contributed by atoms with van der Waals surface area (Å²) in [5, 5.41) is 0. The summed E-state index contributed by atoms with van der Waals surface area (Å²) < 4.78 is 4.94. The predicted molar refractivity (Wildman–Crippen MR) is 71.2 cm³/mol. The summed E-state index contributed by atoms with van der Waals surface area (Å²) in [5.41, 5.74) is 0. The molecular formula is C14H28BrNO2. The third-order valence-electron chi connectivity index (χ3n) is 2.90. The molecule has 0 bridgehead atoms. The first-order valence-electron chi connectivity index (χ1n) is 6.81. The van der Waals surface area contributed by atoms with Crippen molar-refractivity contribution in [1.29, 1.82) is 0 Å². The normalized spacial score (nSPS) is 11.4. The van der Waals surface area contributed by atoms with Crippen LogP contribution in [0.4, 0.5) is 0 Å². The van der Waals surface area contributed by atoms with Gasteiger partial charge in [0.05, 0.1) is 13.6 Å². The van der Waals surface area contributed by atoms with E-state index in [1.54, 1.807) is 0 Å². The molecule has 18 heavy (non-hydrogen) atoms. The van der Waals surface area contributed by atoms with Crippen molar-refractivity contribution in [3.05, 3.63) is 12.7 Å². The quantitative estimate of drug-likeness (QED) is 0.288. The summed E-state index contributed by atoms with van der Waals surface area (Å²) >= 11 is 0. The fraction of sp³-hybridized carbons (Fsp3) is 0.786. The molecule has 108 valence electrons. The van der Waals surface area contributed by atoms with Crippen LogP contribution < -0.4 is 21.9 Å². The molecule has 0 aliphatic rings. The highest BCUT2D eigenvalue weighted by Gasteiger charge is 2.03. The molecule has 0 aliphatic heterocycles. The third kappa shape index (κ3) is 13.7. The van der Waals surface area contributed by atoms with Crippen LogP contribution in [0.3, 0.4) is 0 Å². The number of halogens is 1. The van der Waals surface area contributed by atoms with Crippen LogP contribution in [0.25, 0.3) is 0 Å². The second-order valence-corrected chi connectivity index (χ2v) is 4.60. The van der Waals surface area contributed by atoms with E-state index in [0.717, 1.165) is 13.1 Å².